The summed E-state index contributed by atoms with van der Waals surface area (Å²) in [5.74, 6) is -1.01. The second kappa shape index (κ2) is 4.59. The number of carbonyl (C=O) groups is 1. The number of thiocarbonyl (C=S) groups is 1. The van der Waals surface area contributed by atoms with E-state index in [4.69, 9.17) is 10.8 Å². The smallest absolute Gasteiger partial charge is 0.336 e. The van der Waals surface area contributed by atoms with Crippen molar-refractivity contribution in [2.75, 3.05) is 5.32 Å². The maximum atomic E-state index is 10.8. The summed E-state index contributed by atoms with van der Waals surface area (Å²) in [6.07, 6.45) is 0. The van der Waals surface area contributed by atoms with Crippen molar-refractivity contribution in [3.63, 3.8) is 0 Å². The second-order valence-electron chi connectivity index (χ2n) is 2.94. The molecule has 0 radical (unpaired) electrons. The van der Waals surface area contributed by atoms with Crippen molar-refractivity contribution in [1.82, 2.24) is 0 Å². The highest BCUT2D eigenvalue weighted by Gasteiger charge is 2.11. The number of nitrogens with two attached hydrogens (primary N) is 1. The lowest BCUT2D eigenvalue weighted by Crippen LogP contribution is -2.19. The van der Waals surface area contributed by atoms with Gasteiger partial charge in [0.05, 0.1) is 5.56 Å². The van der Waals surface area contributed by atoms with Gasteiger partial charge < -0.3 is 16.2 Å². The van der Waals surface area contributed by atoms with E-state index in [-0.39, 0.29) is 10.7 Å². The summed E-state index contributed by atoms with van der Waals surface area (Å²) in [5, 5.41) is 11.7. The molecule has 1 rings (SSSR count). The van der Waals surface area contributed by atoms with E-state index >= 15 is 0 Å². The van der Waals surface area contributed by atoms with E-state index in [0.717, 1.165) is 5.56 Å². The fourth-order valence-electron chi connectivity index (χ4n) is 1.10. The molecule has 1 aromatic rings. The Bertz CT molecular complexity index is 434. The number of nitrogens with one attached hydrogen (secondary N) is 1. The average molecular weight is 289 g/mol. The molecule has 0 unspecified atom stereocenters. The molecular weight excluding hydrogens is 280 g/mol. The number of carboxylic acid groups (broad SMARTS) is 1. The van der Waals surface area contributed by atoms with Gasteiger partial charge in [0.1, 0.15) is 0 Å². The van der Waals surface area contributed by atoms with Crippen molar-refractivity contribution in [2.45, 2.75) is 6.92 Å². The minimum absolute atomic E-state index is 0.108. The molecule has 0 bridgehead atoms. The van der Waals surface area contributed by atoms with Gasteiger partial charge >= 0.3 is 5.97 Å². The number of hydrogen-bond acceptors (Lipinski definition) is 2. The Kier molecular flexibility index (Phi) is 3.65. The van der Waals surface area contributed by atoms with Gasteiger partial charge in [-0.25, -0.2) is 4.79 Å². The van der Waals surface area contributed by atoms with Gasteiger partial charge in [-0.3, -0.25) is 0 Å². The van der Waals surface area contributed by atoms with Crippen LogP contribution in [0.25, 0.3) is 0 Å². The van der Waals surface area contributed by atoms with Gasteiger partial charge in [0.15, 0.2) is 5.11 Å². The summed E-state index contributed by atoms with van der Waals surface area (Å²) < 4.78 is 0.529. The van der Waals surface area contributed by atoms with E-state index in [0.29, 0.717) is 10.2 Å². The maximum Gasteiger partial charge on any atom is 0.336 e. The van der Waals surface area contributed by atoms with Gasteiger partial charge in [-0.05, 0) is 52.8 Å². The minimum atomic E-state index is -1.01. The monoisotopic (exact) mass is 288 g/mol. The second-order valence-corrected chi connectivity index (χ2v) is 4.24. The third kappa shape index (κ3) is 2.90. The van der Waals surface area contributed by atoms with Crippen LogP contribution in [0, 0.1) is 6.92 Å². The minimum Gasteiger partial charge on any atom is -0.478 e. The first-order valence-corrected chi connectivity index (χ1v) is 5.22. The van der Waals surface area contributed by atoms with Crippen LogP contribution in [0.2, 0.25) is 0 Å². The van der Waals surface area contributed by atoms with Crippen molar-refractivity contribution >= 4 is 44.9 Å². The summed E-state index contributed by atoms with van der Waals surface area (Å²) >= 11 is 7.86. The van der Waals surface area contributed by atoms with E-state index in [1.807, 2.05) is 6.92 Å². The molecule has 0 aliphatic carbocycles. The van der Waals surface area contributed by atoms with Gasteiger partial charge in [-0.2, -0.15) is 0 Å². The Labute approximate surface area is 101 Å². The van der Waals surface area contributed by atoms with Crippen molar-refractivity contribution in [3.8, 4) is 0 Å². The van der Waals surface area contributed by atoms with Gasteiger partial charge in [-0.1, -0.05) is 0 Å². The van der Waals surface area contributed by atoms with Crippen molar-refractivity contribution in [1.29, 1.82) is 0 Å². The highest BCUT2D eigenvalue weighted by atomic mass is 79.9. The highest BCUT2D eigenvalue weighted by Crippen LogP contribution is 2.25. The zero-order valence-corrected chi connectivity index (χ0v) is 10.3. The lowest BCUT2D eigenvalue weighted by atomic mass is 10.1. The Morgan fingerprint density at radius 2 is 2.20 bits per heavy atom. The first kappa shape index (κ1) is 11.9. The van der Waals surface area contributed by atoms with Crippen LogP contribution in [-0.2, 0) is 0 Å². The van der Waals surface area contributed by atoms with Gasteiger partial charge in [-0.15, -0.1) is 0 Å². The number of anilines is 1. The molecule has 0 amide bonds. The summed E-state index contributed by atoms with van der Waals surface area (Å²) in [6, 6.07) is 3.19. The first-order valence-electron chi connectivity index (χ1n) is 4.01. The molecule has 80 valence electrons. The van der Waals surface area contributed by atoms with Crippen LogP contribution < -0.4 is 11.1 Å². The molecule has 4 nitrogen and oxygen atoms in total. The molecule has 6 heteroatoms. The first-order chi connectivity index (χ1) is 6.91. The molecule has 4 N–H and O–H groups in total. The molecule has 0 aromatic heterocycles. The van der Waals surface area contributed by atoms with E-state index in [1.165, 1.54) is 6.07 Å². The number of carboxylic acids is 1. The Morgan fingerprint density at radius 3 is 2.67 bits per heavy atom. The number of aromatic carboxylic acids is 1. The number of rotatable bonds is 2. The Morgan fingerprint density at radius 1 is 1.60 bits per heavy atom. The summed E-state index contributed by atoms with van der Waals surface area (Å²) in [4.78, 5) is 10.8. The Hall–Kier alpha value is -1.14. The topological polar surface area (TPSA) is 75.3 Å². The van der Waals surface area contributed by atoms with E-state index in [1.54, 1.807) is 6.07 Å². The van der Waals surface area contributed by atoms with Gasteiger partial charge in [0.2, 0.25) is 0 Å². The van der Waals surface area contributed by atoms with Crippen LogP contribution in [0.4, 0.5) is 5.69 Å². The van der Waals surface area contributed by atoms with Crippen molar-refractivity contribution in [3.05, 3.63) is 27.7 Å². The molecule has 0 heterocycles. The molecule has 0 aliphatic heterocycles. The molecule has 15 heavy (non-hydrogen) atoms. The molecule has 0 saturated carbocycles. The van der Waals surface area contributed by atoms with Crippen molar-refractivity contribution in [2.24, 2.45) is 5.73 Å². The van der Waals surface area contributed by atoms with Crippen molar-refractivity contribution < 1.29 is 9.90 Å². The highest BCUT2D eigenvalue weighted by molar-refractivity contribution is 9.10. The summed E-state index contributed by atoms with van der Waals surface area (Å²) in [6.45, 7) is 1.83. The predicted octanol–water partition coefficient (Wildman–Crippen LogP) is 2.11. The van der Waals surface area contributed by atoms with Gasteiger partial charge in [0.25, 0.3) is 0 Å². The van der Waals surface area contributed by atoms with E-state index in [9.17, 15) is 4.79 Å². The summed E-state index contributed by atoms with van der Waals surface area (Å²) in [5.41, 5.74) is 6.95. The normalized spacial score (nSPS) is 9.73. The largest absolute Gasteiger partial charge is 0.478 e. The number of benzene rings is 1. The Balaban J connectivity index is 3.23. The molecular formula is C9H9BrN2O2S. The third-order valence-electron chi connectivity index (χ3n) is 1.80. The molecule has 0 saturated heterocycles. The lowest BCUT2D eigenvalue weighted by Gasteiger charge is -2.10. The number of hydrogen-bond donors (Lipinski definition) is 3. The van der Waals surface area contributed by atoms with Crippen LogP contribution in [-0.4, -0.2) is 16.2 Å². The van der Waals surface area contributed by atoms with E-state index in [2.05, 4.69) is 33.5 Å². The molecule has 0 spiro atoms. The standard InChI is InChI=1S/C9H9BrN2O2S/c1-4-2-6(10)5(8(13)14)3-7(4)12-9(11)15/h2-3H,1H3,(H,13,14)(H3,11,12,15). The van der Waals surface area contributed by atoms with Crippen LogP contribution in [0.3, 0.4) is 0 Å². The molecule has 1 aromatic carbocycles. The zero-order valence-electron chi connectivity index (χ0n) is 7.87. The predicted molar refractivity (Wildman–Crippen MR) is 66.2 cm³/mol. The fourth-order valence-corrected chi connectivity index (χ4v) is 1.84. The van der Waals surface area contributed by atoms with Crippen LogP contribution >= 0.6 is 28.1 Å². The fraction of sp³-hybridized carbons (Fsp3) is 0.111. The van der Waals surface area contributed by atoms with E-state index < -0.39 is 5.97 Å². The number of halogens is 1. The van der Waals surface area contributed by atoms with Crippen LogP contribution in [0.5, 0.6) is 0 Å². The zero-order chi connectivity index (χ0) is 11.6. The van der Waals surface area contributed by atoms with Crippen LogP contribution in [0.15, 0.2) is 16.6 Å². The molecule has 0 aliphatic rings. The number of aryl methyl sites for hydroxylation is 1. The molecule has 0 atom stereocenters. The average Bonchev–Trinajstić information content (AvgIpc) is 2.08. The van der Waals surface area contributed by atoms with Crippen LogP contribution in [0.1, 0.15) is 15.9 Å². The molecule has 0 fully saturated rings. The van der Waals surface area contributed by atoms with Gasteiger partial charge in [0, 0.05) is 10.2 Å². The quantitative estimate of drug-likeness (QED) is 0.727. The third-order valence-corrected chi connectivity index (χ3v) is 2.56. The SMILES string of the molecule is Cc1cc(Br)c(C(=O)O)cc1NC(N)=S. The summed E-state index contributed by atoms with van der Waals surface area (Å²) in [7, 11) is 0. The lowest BCUT2D eigenvalue weighted by molar-refractivity contribution is 0.0696. The maximum absolute atomic E-state index is 10.8.